The molecule has 1 aliphatic heterocycles. The first kappa shape index (κ1) is 20.5. The van der Waals surface area contributed by atoms with Gasteiger partial charge in [0, 0.05) is 32.3 Å². The first-order valence-corrected chi connectivity index (χ1v) is 11.8. The van der Waals surface area contributed by atoms with Crippen LogP contribution in [0.5, 0.6) is 0 Å². The molecule has 2 unspecified atom stereocenters. The summed E-state index contributed by atoms with van der Waals surface area (Å²) in [6.45, 7) is 3.39. The minimum absolute atomic E-state index is 0.181. The van der Waals surface area contributed by atoms with Gasteiger partial charge in [0.15, 0.2) is 5.82 Å². The van der Waals surface area contributed by atoms with Gasteiger partial charge in [-0.2, -0.15) is 10.1 Å². The maximum atomic E-state index is 11.6. The highest BCUT2D eigenvalue weighted by Gasteiger charge is 2.41. The molecule has 8 nitrogen and oxygen atoms in total. The Kier molecular flexibility index (Phi) is 5.73. The first-order chi connectivity index (χ1) is 15.0. The Hall–Kier alpha value is -2.35. The number of halogens is 1. The summed E-state index contributed by atoms with van der Waals surface area (Å²) in [4.78, 5) is 22.6. The summed E-state index contributed by atoms with van der Waals surface area (Å²) in [7, 11) is 0. The minimum Gasteiger partial charge on any atom is -0.366 e. The average Bonchev–Trinajstić information content (AvgIpc) is 3.46. The van der Waals surface area contributed by atoms with Crippen molar-refractivity contribution >= 4 is 35.0 Å². The van der Waals surface area contributed by atoms with Crippen LogP contribution in [0.25, 0.3) is 0 Å². The molecular formula is C22H30ClN7O. The summed E-state index contributed by atoms with van der Waals surface area (Å²) in [6, 6.07) is 0.812. The van der Waals surface area contributed by atoms with Gasteiger partial charge in [-0.3, -0.25) is 9.48 Å². The van der Waals surface area contributed by atoms with Crippen LogP contribution in [0.4, 0.5) is 17.5 Å². The Morgan fingerprint density at radius 3 is 2.58 bits per heavy atom. The van der Waals surface area contributed by atoms with E-state index >= 15 is 0 Å². The van der Waals surface area contributed by atoms with Gasteiger partial charge in [-0.25, -0.2) is 4.98 Å². The number of fused-ring (bicyclic) bond motifs is 1. The fourth-order valence-electron chi connectivity index (χ4n) is 5.47. The van der Waals surface area contributed by atoms with Crippen LogP contribution in [-0.2, 0) is 4.79 Å². The molecule has 2 N–H and O–H groups in total. The minimum atomic E-state index is 0.181. The molecule has 31 heavy (non-hydrogen) atoms. The zero-order valence-electron chi connectivity index (χ0n) is 17.9. The maximum absolute atomic E-state index is 11.6. The van der Waals surface area contributed by atoms with E-state index in [0.29, 0.717) is 40.7 Å². The zero-order valence-corrected chi connectivity index (χ0v) is 18.7. The molecule has 3 heterocycles. The fraction of sp³-hybridized carbons (Fsp3) is 0.636. The summed E-state index contributed by atoms with van der Waals surface area (Å²) in [5, 5.41) is 11.8. The fourth-order valence-corrected chi connectivity index (χ4v) is 5.62. The molecular weight excluding hydrogens is 414 g/mol. The number of likely N-dealkylation sites (tertiary alicyclic amines) is 1. The molecule has 0 radical (unpaired) electrons. The van der Waals surface area contributed by atoms with Gasteiger partial charge in [-0.05, 0) is 37.5 Å². The van der Waals surface area contributed by atoms with Crippen LogP contribution in [0.15, 0.2) is 18.6 Å². The van der Waals surface area contributed by atoms with Crippen molar-refractivity contribution in [2.24, 2.45) is 11.8 Å². The number of nitrogens with one attached hydrogen (secondary N) is 2. The Bertz CT molecular complexity index is 928. The van der Waals surface area contributed by atoms with Gasteiger partial charge >= 0.3 is 0 Å². The Labute approximate surface area is 187 Å². The number of hydrogen-bond donors (Lipinski definition) is 2. The largest absolute Gasteiger partial charge is 0.366 e. The Morgan fingerprint density at radius 1 is 1.13 bits per heavy atom. The second kappa shape index (κ2) is 8.65. The van der Waals surface area contributed by atoms with E-state index in [1.807, 2.05) is 17.3 Å². The SMILES string of the molecule is CC(=O)N1CC2CC(Nc3nc(Nc4cnn(C5CCCCC5)c4)ncc3Cl)CC2C1. The van der Waals surface area contributed by atoms with Crippen molar-refractivity contribution in [1.82, 2.24) is 24.6 Å². The van der Waals surface area contributed by atoms with Gasteiger partial charge < -0.3 is 15.5 Å². The molecule has 0 bridgehead atoms. The standard InChI is InChI=1S/C22H30ClN7O/c1-14(31)29-11-15-7-17(8-16(15)12-29)26-21-20(23)10-24-22(28-21)27-18-9-25-30(13-18)19-5-3-2-4-6-19/h9-10,13,15-17,19H,2-8,11-12H2,1H3,(H2,24,26,27,28). The molecule has 2 aliphatic carbocycles. The molecule has 0 spiro atoms. The number of nitrogens with zero attached hydrogens (tertiary/aromatic N) is 5. The van der Waals surface area contributed by atoms with E-state index in [1.54, 1.807) is 13.1 Å². The quantitative estimate of drug-likeness (QED) is 0.718. The van der Waals surface area contributed by atoms with Crippen LogP contribution in [-0.4, -0.2) is 49.7 Å². The lowest BCUT2D eigenvalue weighted by Gasteiger charge is -2.21. The predicted octanol–water partition coefficient (Wildman–Crippen LogP) is 4.24. The number of rotatable bonds is 5. The molecule has 2 aromatic heterocycles. The van der Waals surface area contributed by atoms with Crippen LogP contribution < -0.4 is 10.6 Å². The summed E-state index contributed by atoms with van der Waals surface area (Å²) < 4.78 is 2.07. The monoisotopic (exact) mass is 443 g/mol. The third-order valence-electron chi connectivity index (χ3n) is 7.09. The number of amides is 1. The van der Waals surface area contributed by atoms with Crippen molar-refractivity contribution in [2.75, 3.05) is 23.7 Å². The summed E-state index contributed by atoms with van der Waals surface area (Å²) in [6.07, 6.45) is 13.8. The lowest BCUT2D eigenvalue weighted by atomic mass is 9.96. The average molecular weight is 444 g/mol. The molecule has 2 saturated carbocycles. The molecule has 1 amide bonds. The van der Waals surface area contributed by atoms with Crippen LogP contribution in [0.2, 0.25) is 5.02 Å². The molecule has 5 rings (SSSR count). The van der Waals surface area contributed by atoms with Crippen molar-refractivity contribution in [3.8, 4) is 0 Å². The normalized spacial score (nSPS) is 26.1. The maximum Gasteiger partial charge on any atom is 0.229 e. The second-order valence-electron chi connectivity index (χ2n) is 9.27. The van der Waals surface area contributed by atoms with E-state index < -0.39 is 0 Å². The molecule has 1 saturated heterocycles. The molecule has 166 valence electrons. The second-order valence-corrected chi connectivity index (χ2v) is 9.68. The topological polar surface area (TPSA) is 88.0 Å². The third-order valence-corrected chi connectivity index (χ3v) is 7.36. The van der Waals surface area contributed by atoms with Gasteiger partial charge in [-0.1, -0.05) is 30.9 Å². The van der Waals surface area contributed by atoms with Crippen molar-refractivity contribution in [3.05, 3.63) is 23.6 Å². The number of hydrogen-bond acceptors (Lipinski definition) is 6. The van der Waals surface area contributed by atoms with E-state index in [0.717, 1.165) is 31.6 Å². The van der Waals surface area contributed by atoms with Crippen LogP contribution in [0, 0.1) is 11.8 Å². The highest BCUT2D eigenvalue weighted by atomic mass is 35.5. The Morgan fingerprint density at radius 2 is 1.87 bits per heavy atom. The third kappa shape index (κ3) is 4.49. The van der Waals surface area contributed by atoms with Crippen molar-refractivity contribution in [2.45, 2.75) is 64.0 Å². The molecule has 0 aromatic carbocycles. The lowest BCUT2D eigenvalue weighted by Crippen LogP contribution is -2.29. The van der Waals surface area contributed by atoms with Crippen LogP contribution >= 0.6 is 11.6 Å². The highest BCUT2D eigenvalue weighted by Crippen LogP contribution is 2.39. The van der Waals surface area contributed by atoms with Gasteiger partial charge in [0.05, 0.1) is 24.1 Å². The van der Waals surface area contributed by atoms with E-state index in [-0.39, 0.29) is 5.91 Å². The predicted molar refractivity (Wildman–Crippen MR) is 121 cm³/mol. The molecule has 3 aliphatic rings. The smallest absolute Gasteiger partial charge is 0.229 e. The van der Waals surface area contributed by atoms with Crippen molar-refractivity contribution in [3.63, 3.8) is 0 Å². The number of aromatic nitrogens is 4. The van der Waals surface area contributed by atoms with Crippen molar-refractivity contribution in [1.29, 1.82) is 0 Å². The molecule has 3 fully saturated rings. The molecule has 9 heteroatoms. The van der Waals surface area contributed by atoms with E-state index in [9.17, 15) is 4.79 Å². The van der Waals surface area contributed by atoms with Crippen molar-refractivity contribution < 1.29 is 4.79 Å². The summed E-state index contributed by atoms with van der Waals surface area (Å²) >= 11 is 6.38. The molecule has 2 atom stereocenters. The van der Waals surface area contributed by atoms with Gasteiger partial charge in [0.1, 0.15) is 5.02 Å². The zero-order chi connectivity index (χ0) is 21.4. The lowest BCUT2D eigenvalue weighted by molar-refractivity contribution is -0.128. The van der Waals surface area contributed by atoms with Gasteiger partial charge in [0.2, 0.25) is 11.9 Å². The molecule has 2 aromatic rings. The van der Waals surface area contributed by atoms with Gasteiger partial charge in [0.25, 0.3) is 0 Å². The summed E-state index contributed by atoms with van der Waals surface area (Å²) in [5.41, 5.74) is 0.888. The van der Waals surface area contributed by atoms with Crippen LogP contribution in [0.1, 0.15) is 57.9 Å². The number of carbonyl (C=O) groups excluding carboxylic acids is 1. The first-order valence-electron chi connectivity index (χ1n) is 11.4. The van der Waals surface area contributed by atoms with E-state index in [4.69, 9.17) is 11.6 Å². The number of anilines is 3. The van der Waals surface area contributed by atoms with E-state index in [2.05, 4.69) is 30.4 Å². The summed E-state index contributed by atoms with van der Waals surface area (Å²) in [5.74, 6) is 2.47. The highest BCUT2D eigenvalue weighted by molar-refractivity contribution is 6.32. The van der Waals surface area contributed by atoms with Gasteiger partial charge in [-0.15, -0.1) is 0 Å². The van der Waals surface area contributed by atoms with E-state index in [1.165, 1.54) is 32.1 Å². The number of carbonyl (C=O) groups is 1. The van der Waals surface area contributed by atoms with Crippen LogP contribution in [0.3, 0.4) is 0 Å². The Balaban J connectivity index is 1.21.